The first-order valence-electron chi connectivity index (χ1n) is 3.35. The van der Waals surface area contributed by atoms with Gasteiger partial charge in [-0.3, -0.25) is 0 Å². The van der Waals surface area contributed by atoms with Crippen LogP contribution in [0, 0.1) is 17.8 Å². The monoisotopic (exact) mass is 142 g/mol. The van der Waals surface area contributed by atoms with Crippen LogP contribution >= 0.6 is 12.6 Å². The van der Waals surface area contributed by atoms with Crippen molar-refractivity contribution in [2.75, 3.05) is 5.75 Å². The lowest BCUT2D eigenvalue weighted by Crippen LogP contribution is -1.97. The molecule has 1 heteroatoms. The first kappa shape index (κ1) is 8.91. The van der Waals surface area contributed by atoms with Crippen molar-refractivity contribution in [3.63, 3.8) is 0 Å². The molecule has 0 aromatic rings. The van der Waals surface area contributed by atoms with Crippen molar-refractivity contribution in [1.82, 2.24) is 0 Å². The normalized spacial score (nSPS) is 11.9. The summed E-state index contributed by atoms with van der Waals surface area (Å²) in [5.74, 6) is 7.59. The van der Waals surface area contributed by atoms with E-state index >= 15 is 0 Å². The summed E-state index contributed by atoms with van der Waals surface area (Å²) >= 11 is 4.20. The molecule has 0 bridgehead atoms. The Labute approximate surface area is 63.4 Å². The standard InChI is InChI=1S/C8H14S/c1-3-5-6-8(4-2)7-9/h8-9H,4,6-7H2,1-2H3. The smallest absolute Gasteiger partial charge is 0.0125 e. The van der Waals surface area contributed by atoms with Gasteiger partial charge in [-0.2, -0.15) is 12.6 Å². The highest BCUT2D eigenvalue weighted by Crippen LogP contribution is 2.07. The Morgan fingerprint density at radius 2 is 2.22 bits per heavy atom. The molecule has 0 saturated heterocycles. The number of hydrogen-bond acceptors (Lipinski definition) is 1. The van der Waals surface area contributed by atoms with Crippen LogP contribution in [0.15, 0.2) is 0 Å². The van der Waals surface area contributed by atoms with E-state index in [4.69, 9.17) is 0 Å². The van der Waals surface area contributed by atoms with Crippen LogP contribution in [0.5, 0.6) is 0 Å². The number of rotatable bonds is 3. The van der Waals surface area contributed by atoms with Crippen molar-refractivity contribution in [3.8, 4) is 11.8 Å². The lowest BCUT2D eigenvalue weighted by molar-refractivity contribution is 0.592. The van der Waals surface area contributed by atoms with Crippen molar-refractivity contribution in [2.45, 2.75) is 26.7 Å². The largest absolute Gasteiger partial charge is 0.179 e. The Balaban J connectivity index is 3.39. The molecule has 0 aliphatic carbocycles. The second-order valence-corrected chi connectivity index (χ2v) is 2.45. The second-order valence-electron chi connectivity index (χ2n) is 2.09. The average molecular weight is 142 g/mol. The van der Waals surface area contributed by atoms with Crippen molar-refractivity contribution in [1.29, 1.82) is 0 Å². The fraction of sp³-hybridized carbons (Fsp3) is 0.750. The van der Waals surface area contributed by atoms with Crippen molar-refractivity contribution >= 4 is 12.6 Å². The predicted octanol–water partition coefficient (Wildman–Crippen LogP) is 2.36. The quantitative estimate of drug-likeness (QED) is 0.454. The maximum atomic E-state index is 4.20. The summed E-state index contributed by atoms with van der Waals surface area (Å²) < 4.78 is 0. The van der Waals surface area contributed by atoms with E-state index < -0.39 is 0 Å². The first-order chi connectivity index (χ1) is 4.35. The molecule has 52 valence electrons. The van der Waals surface area contributed by atoms with Gasteiger partial charge in [-0.15, -0.1) is 11.8 Å². The first-order valence-corrected chi connectivity index (χ1v) is 3.98. The molecule has 0 N–H and O–H groups in total. The lowest BCUT2D eigenvalue weighted by Gasteiger charge is -2.04. The van der Waals surface area contributed by atoms with E-state index in [1.54, 1.807) is 0 Å². The van der Waals surface area contributed by atoms with Gasteiger partial charge in [0.25, 0.3) is 0 Å². The minimum Gasteiger partial charge on any atom is -0.179 e. The zero-order valence-electron chi connectivity index (χ0n) is 6.15. The minimum absolute atomic E-state index is 0.695. The topological polar surface area (TPSA) is 0 Å². The van der Waals surface area contributed by atoms with Crippen LogP contribution in [0.3, 0.4) is 0 Å². The zero-order valence-corrected chi connectivity index (χ0v) is 7.04. The zero-order chi connectivity index (χ0) is 7.11. The summed E-state index contributed by atoms with van der Waals surface area (Å²) in [5.41, 5.74) is 0. The van der Waals surface area contributed by atoms with Gasteiger partial charge in [-0.25, -0.2) is 0 Å². The third-order valence-electron chi connectivity index (χ3n) is 1.40. The third kappa shape index (κ3) is 4.42. The van der Waals surface area contributed by atoms with Crippen LogP contribution in [0.2, 0.25) is 0 Å². The number of thiol groups is 1. The Kier molecular flexibility index (Phi) is 5.98. The van der Waals surface area contributed by atoms with Gasteiger partial charge in [-0.1, -0.05) is 13.3 Å². The summed E-state index contributed by atoms with van der Waals surface area (Å²) in [6.07, 6.45) is 2.20. The SMILES string of the molecule is CC#CCC(CC)CS. The van der Waals surface area contributed by atoms with Gasteiger partial charge in [-0.05, 0) is 18.6 Å². The summed E-state index contributed by atoms with van der Waals surface area (Å²) in [5, 5.41) is 0. The Hall–Kier alpha value is -0.0900. The van der Waals surface area contributed by atoms with Crippen molar-refractivity contribution < 1.29 is 0 Å². The van der Waals surface area contributed by atoms with E-state index in [1.165, 1.54) is 6.42 Å². The summed E-state index contributed by atoms with van der Waals surface area (Å²) in [6.45, 7) is 4.06. The van der Waals surface area contributed by atoms with Gasteiger partial charge >= 0.3 is 0 Å². The molecule has 0 amide bonds. The van der Waals surface area contributed by atoms with E-state index in [2.05, 4.69) is 31.4 Å². The van der Waals surface area contributed by atoms with Crippen LogP contribution < -0.4 is 0 Å². The molecule has 0 aliphatic rings. The highest BCUT2D eigenvalue weighted by atomic mass is 32.1. The third-order valence-corrected chi connectivity index (χ3v) is 1.92. The van der Waals surface area contributed by atoms with Crippen LogP contribution in [-0.4, -0.2) is 5.75 Å². The molecule has 0 nitrogen and oxygen atoms in total. The van der Waals surface area contributed by atoms with Crippen LogP contribution in [-0.2, 0) is 0 Å². The van der Waals surface area contributed by atoms with Crippen molar-refractivity contribution in [3.05, 3.63) is 0 Å². The van der Waals surface area contributed by atoms with E-state index in [1.807, 2.05) is 6.92 Å². The summed E-state index contributed by atoms with van der Waals surface area (Å²) in [4.78, 5) is 0. The molecule has 0 saturated carbocycles. The molecule has 0 aliphatic heterocycles. The molecule has 0 radical (unpaired) electrons. The second kappa shape index (κ2) is 6.04. The fourth-order valence-electron chi connectivity index (χ4n) is 0.584. The maximum absolute atomic E-state index is 4.20. The predicted molar refractivity (Wildman–Crippen MR) is 45.7 cm³/mol. The Bertz CT molecular complexity index is 103. The molecular formula is C8H14S. The van der Waals surface area contributed by atoms with Crippen LogP contribution in [0.4, 0.5) is 0 Å². The van der Waals surface area contributed by atoms with Gasteiger partial charge in [0.2, 0.25) is 0 Å². The molecule has 1 unspecified atom stereocenters. The maximum Gasteiger partial charge on any atom is 0.0125 e. The van der Waals surface area contributed by atoms with Gasteiger partial charge in [0.1, 0.15) is 0 Å². The average Bonchev–Trinajstić information content (AvgIpc) is 1.91. The molecule has 0 fully saturated rings. The highest BCUT2D eigenvalue weighted by Gasteiger charge is 1.98. The number of hydrogen-bond donors (Lipinski definition) is 1. The molecule has 0 rings (SSSR count). The van der Waals surface area contributed by atoms with E-state index in [0.717, 1.165) is 12.2 Å². The van der Waals surface area contributed by atoms with E-state index in [0.29, 0.717) is 5.92 Å². The molecular weight excluding hydrogens is 128 g/mol. The van der Waals surface area contributed by atoms with Crippen molar-refractivity contribution in [2.24, 2.45) is 5.92 Å². The molecule has 0 spiro atoms. The summed E-state index contributed by atoms with van der Waals surface area (Å²) in [7, 11) is 0. The minimum atomic E-state index is 0.695. The summed E-state index contributed by atoms with van der Waals surface area (Å²) in [6, 6.07) is 0. The lowest BCUT2D eigenvalue weighted by atomic mass is 10.1. The van der Waals surface area contributed by atoms with E-state index in [-0.39, 0.29) is 0 Å². The Morgan fingerprint density at radius 1 is 1.56 bits per heavy atom. The molecule has 0 aromatic carbocycles. The van der Waals surface area contributed by atoms with Gasteiger partial charge in [0.15, 0.2) is 0 Å². The highest BCUT2D eigenvalue weighted by molar-refractivity contribution is 7.80. The van der Waals surface area contributed by atoms with Gasteiger partial charge in [0.05, 0.1) is 0 Å². The Morgan fingerprint density at radius 3 is 2.56 bits per heavy atom. The molecule has 0 heterocycles. The van der Waals surface area contributed by atoms with E-state index in [9.17, 15) is 0 Å². The van der Waals surface area contributed by atoms with Crippen LogP contribution in [0.25, 0.3) is 0 Å². The molecule has 0 aromatic heterocycles. The van der Waals surface area contributed by atoms with Gasteiger partial charge in [0, 0.05) is 6.42 Å². The van der Waals surface area contributed by atoms with Crippen LogP contribution in [0.1, 0.15) is 26.7 Å². The fourth-order valence-corrected chi connectivity index (χ4v) is 0.972. The molecule has 1 atom stereocenters. The van der Waals surface area contributed by atoms with Gasteiger partial charge < -0.3 is 0 Å². The molecule has 9 heavy (non-hydrogen) atoms.